The van der Waals surface area contributed by atoms with Gasteiger partial charge in [-0.1, -0.05) is 30.3 Å². The number of aliphatic hydroxyl groups is 5. The zero-order valence-electron chi connectivity index (χ0n) is 26.3. The highest BCUT2D eigenvalue weighted by Gasteiger charge is 2.49. The van der Waals surface area contributed by atoms with E-state index in [-0.39, 0.29) is 31.6 Å². The fraction of sp³-hybridized carbons (Fsp3) is 0.441. The van der Waals surface area contributed by atoms with Gasteiger partial charge in [0.25, 0.3) is 0 Å². The lowest BCUT2D eigenvalue weighted by atomic mass is 9.83. The molecule has 14 nitrogen and oxygen atoms in total. The maximum atomic E-state index is 11.7. The fourth-order valence-corrected chi connectivity index (χ4v) is 6.42. The van der Waals surface area contributed by atoms with Crippen LogP contribution in [0.1, 0.15) is 35.6 Å². The van der Waals surface area contributed by atoms with E-state index in [1.165, 1.54) is 7.11 Å². The van der Waals surface area contributed by atoms with Crippen LogP contribution in [0.25, 0.3) is 11.1 Å². The normalized spacial score (nSPS) is 26.3. The van der Waals surface area contributed by atoms with E-state index in [9.17, 15) is 35.4 Å². The van der Waals surface area contributed by atoms with Gasteiger partial charge in [-0.2, -0.15) is 0 Å². The van der Waals surface area contributed by atoms with Gasteiger partial charge in [-0.15, -0.1) is 0 Å². The van der Waals surface area contributed by atoms with Crippen LogP contribution in [-0.4, -0.2) is 107 Å². The third-order valence-corrected chi connectivity index (χ3v) is 8.63. The van der Waals surface area contributed by atoms with Crippen molar-refractivity contribution in [3.8, 4) is 39.9 Å². The molecule has 0 bridgehead atoms. The Morgan fingerprint density at radius 1 is 1.06 bits per heavy atom. The molecule has 0 amide bonds. The Labute approximate surface area is 276 Å². The average Bonchev–Trinajstić information content (AvgIpc) is 3.47. The summed E-state index contributed by atoms with van der Waals surface area (Å²) in [5.74, 6) is -0.0190. The van der Waals surface area contributed by atoms with E-state index in [4.69, 9.17) is 28.4 Å². The van der Waals surface area contributed by atoms with Crippen LogP contribution in [0.3, 0.4) is 0 Å². The van der Waals surface area contributed by atoms with Gasteiger partial charge in [0.2, 0.25) is 12.0 Å². The Morgan fingerprint density at radius 2 is 1.83 bits per heavy atom. The molecule has 3 aliphatic heterocycles. The summed E-state index contributed by atoms with van der Waals surface area (Å²) >= 11 is 0. The summed E-state index contributed by atoms with van der Waals surface area (Å²) < 4.78 is 36.1. The van der Waals surface area contributed by atoms with Crippen molar-refractivity contribution >= 4 is 5.97 Å². The van der Waals surface area contributed by atoms with Crippen LogP contribution in [0.4, 0.5) is 0 Å². The second-order valence-electron chi connectivity index (χ2n) is 11.9. The second kappa shape index (κ2) is 14.1. The number of rotatable bonds is 12. The molecule has 6 rings (SSSR count). The fourth-order valence-electron chi connectivity index (χ4n) is 6.42. The van der Waals surface area contributed by atoms with E-state index in [0.717, 1.165) is 16.7 Å². The summed E-state index contributed by atoms with van der Waals surface area (Å²) in [5, 5.41) is 63.1. The molecule has 1 fully saturated rings. The number of ether oxygens (including phenoxy) is 6. The Kier molecular flexibility index (Phi) is 9.94. The monoisotopic (exact) mass is 669 g/mol. The van der Waals surface area contributed by atoms with Crippen molar-refractivity contribution in [2.75, 3.05) is 33.6 Å². The van der Waals surface area contributed by atoms with Crippen molar-refractivity contribution in [2.45, 2.75) is 62.2 Å². The largest absolute Gasteiger partial charge is 0.492 e. The first-order valence-corrected chi connectivity index (χ1v) is 15.6. The van der Waals surface area contributed by atoms with Gasteiger partial charge in [0.1, 0.15) is 42.6 Å². The van der Waals surface area contributed by atoms with E-state index < -0.39 is 48.9 Å². The van der Waals surface area contributed by atoms with Crippen LogP contribution in [0.2, 0.25) is 0 Å². The Bertz CT molecular complexity index is 1620. The number of carboxylic acid groups (broad SMARTS) is 1. The summed E-state index contributed by atoms with van der Waals surface area (Å²) in [4.78, 5) is 11.7. The molecule has 3 aliphatic rings. The van der Waals surface area contributed by atoms with Crippen molar-refractivity contribution in [1.82, 2.24) is 5.32 Å². The number of methoxy groups -OCH3 is 1. The minimum atomic E-state index is -1.86. The first-order chi connectivity index (χ1) is 23.1. The number of carboxylic acids is 1. The number of carbonyl (C=O) groups is 1. The maximum absolute atomic E-state index is 11.7. The van der Waals surface area contributed by atoms with Gasteiger partial charge in [0.15, 0.2) is 17.6 Å². The maximum Gasteiger partial charge on any atom is 0.335 e. The molecule has 258 valence electrons. The van der Waals surface area contributed by atoms with Crippen molar-refractivity contribution in [3.05, 3.63) is 65.2 Å². The van der Waals surface area contributed by atoms with Gasteiger partial charge in [0.05, 0.1) is 25.7 Å². The quantitative estimate of drug-likeness (QED) is 0.107. The van der Waals surface area contributed by atoms with Gasteiger partial charge in [-0.25, -0.2) is 4.79 Å². The molecule has 1 saturated heterocycles. The lowest BCUT2D eigenvalue weighted by molar-refractivity contribution is -0.271. The van der Waals surface area contributed by atoms with E-state index >= 15 is 0 Å². The van der Waals surface area contributed by atoms with Crippen LogP contribution >= 0.6 is 0 Å². The predicted molar refractivity (Wildman–Crippen MR) is 167 cm³/mol. The van der Waals surface area contributed by atoms with Gasteiger partial charge in [-0.3, -0.25) is 5.32 Å². The first-order valence-electron chi connectivity index (χ1n) is 15.6. The molecule has 3 aromatic carbocycles. The number of nitrogens with one attached hydrogen (secondary N) is 1. The summed E-state index contributed by atoms with van der Waals surface area (Å²) in [6.45, 7) is 2.16. The van der Waals surface area contributed by atoms with Crippen molar-refractivity contribution in [3.63, 3.8) is 0 Å². The first kappa shape index (κ1) is 33.7. The number of aliphatic carboxylic acids is 1. The number of benzene rings is 3. The van der Waals surface area contributed by atoms with Gasteiger partial charge in [-0.05, 0) is 42.2 Å². The summed E-state index contributed by atoms with van der Waals surface area (Å²) in [6.07, 6.45) is -9.68. The second-order valence-corrected chi connectivity index (χ2v) is 11.9. The number of aliphatic hydroxyl groups excluding tert-OH is 5. The molecule has 0 aliphatic carbocycles. The van der Waals surface area contributed by atoms with Crippen molar-refractivity contribution in [1.29, 1.82) is 0 Å². The van der Waals surface area contributed by atoms with Gasteiger partial charge in [0, 0.05) is 30.3 Å². The Morgan fingerprint density at radius 3 is 2.52 bits per heavy atom. The molecule has 3 aromatic rings. The Balaban J connectivity index is 1.39. The summed E-state index contributed by atoms with van der Waals surface area (Å²) in [6, 6.07) is 14.4. The highest BCUT2D eigenvalue weighted by molar-refractivity contribution is 5.75. The topological polar surface area (TPSA) is 206 Å². The number of hydrogen-bond acceptors (Lipinski definition) is 13. The molecule has 48 heavy (non-hydrogen) atoms. The van der Waals surface area contributed by atoms with E-state index in [1.54, 1.807) is 19.1 Å². The molecule has 7 N–H and O–H groups in total. The van der Waals surface area contributed by atoms with E-state index in [1.807, 2.05) is 36.4 Å². The zero-order valence-corrected chi connectivity index (χ0v) is 26.3. The Hall–Kier alpha value is -4.15. The third-order valence-electron chi connectivity index (χ3n) is 8.63. The summed E-state index contributed by atoms with van der Waals surface area (Å²) in [7, 11) is 1.51. The molecule has 0 unspecified atom stereocenters. The number of hydrogen-bond donors (Lipinski definition) is 7. The number of fused-ring (bicyclic) bond motifs is 5. The van der Waals surface area contributed by atoms with E-state index in [2.05, 4.69) is 5.32 Å². The molecule has 14 heteroatoms. The molecule has 0 aromatic heterocycles. The van der Waals surface area contributed by atoms with Crippen LogP contribution in [0.5, 0.6) is 28.7 Å². The SMILES string of the molecule is COc1c(OCNC[C@H](C)O)cc(CCO)c2c1O[C@H]1c3c(cc(O[C@@H]4O[C@H](C(=O)O)[C@@H](O)[C@H](O)[C@H]4O)cc3-c3ccccc3)OC[C@@H]21. The molecular formula is C34H39NO13. The standard InChI is InChI=1S/C34H39NO13/c1-16(37)13-35-15-45-23-10-18(8-9-36)24-21-14-44-22-12-19(46-34-28(40)26(38)27(39)32(48-34)33(41)42)11-20(17-6-4-3-5-7-17)25(22)29(21)47-31(24)30(23)43-2/h3-7,10-12,16,21,26-29,32,34-40H,8-9,13-15H2,1-2H3,(H,41,42)/t16-,21-,26-,27-,28+,29+,32-,34+/m0/s1. The minimum absolute atomic E-state index is 0.0982. The zero-order chi connectivity index (χ0) is 34.1. The van der Waals surface area contributed by atoms with Gasteiger partial charge < -0.3 is 59.1 Å². The molecule has 0 saturated carbocycles. The molecule has 8 atom stereocenters. The summed E-state index contributed by atoms with van der Waals surface area (Å²) in [5.41, 5.74) is 3.77. The van der Waals surface area contributed by atoms with E-state index in [0.29, 0.717) is 47.1 Å². The average molecular weight is 670 g/mol. The molecule has 3 heterocycles. The predicted octanol–water partition coefficient (Wildman–Crippen LogP) is 1.08. The van der Waals surface area contributed by atoms with Crippen LogP contribution < -0.4 is 29.0 Å². The van der Waals surface area contributed by atoms with Crippen LogP contribution in [0, 0.1) is 0 Å². The minimum Gasteiger partial charge on any atom is -0.492 e. The molecule has 0 radical (unpaired) electrons. The third kappa shape index (κ3) is 6.35. The van der Waals surface area contributed by atoms with Crippen molar-refractivity contribution < 1.29 is 63.9 Å². The highest BCUT2D eigenvalue weighted by atomic mass is 16.7. The van der Waals surface area contributed by atoms with Crippen molar-refractivity contribution in [2.24, 2.45) is 0 Å². The van der Waals surface area contributed by atoms with Crippen LogP contribution in [0.15, 0.2) is 48.5 Å². The molecule has 0 spiro atoms. The molecular weight excluding hydrogens is 630 g/mol. The lowest BCUT2D eigenvalue weighted by Gasteiger charge is -2.38. The smallest absolute Gasteiger partial charge is 0.335 e. The highest BCUT2D eigenvalue weighted by Crippen LogP contribution is 2.59. The van der Waals surface area contributed by atoms with Gasteiger partial charge >= 0.3 is 5.97 Å². The van der Waals surface area contributed by atoms with Crippen LogP contribution in [-0.2, 0) is 16.0 Å². The lowest BCUT2D eigenvalue weighted by Crippen LogP contribution is -2.61.